The lowest BCUT2D eigenvalue weighted by Crippen LogP contribution is -2.49. The molecule has 0 aliphatic heterocycles. The topological polar surface area (TPSA) is 26.0 Å². The van der Waals surface area contributed by atoms with Crippen molar-refractivity contribution in [1.29, 1.82) is 0 Å². The molecule has 0 aromatic rings. The van der Waals surface area contributed by atoms with Crippen molar-refractivity contribution in [3.63, 3.8) is 0 Å². The Morgan fingerprint density at radius 1 is 1.29 bits per heavy atom. The van der Waals surface area contributed by atoms with Gasteiger partial charge in [0.15, 0.2) is 0 Å². The Bertz CT molecular complexity index is 242. The van der Waals surface area contributed by atoms with E-state index >= 15 is 0 Å². The third kappa shape index (κ3) is 1.63. The van der Waals surface area contributed by atoms with E-state index in [-0.39, 0.29) is 0 Å². The molecule has 2 rings (SSSR count). The summed E-state index contributed by atoms with van der Waals surface area (Å²) < 4.78 is 0. The zero-order valence-corrected chi connectivity index (χ0v) is 9.60. The number of nitrogens with two attached hydrogens (primary N) is 1. The predicted octanol–water partition coefficient (Wildman–Crippen LogP) is 3.25. The normalized spacial score (nSPS) is 29.2. The number of hydrogen-bond donors (Lipinski definition) is 1. The molecule has 2 N–H and O–H groups in total. The van der Waals surface area contributed by atoms with Crippen LogP contribution in [-0.2, 0) is 0 Å². The average Bonchev–Trinajstić information content (AvgIpc) is 2.15. The van der Waals surface area contributed by atoms with E-state index in [9.17, 15) is 0 Å². The molecule has 1 nitrogen and oxygen atoms in total. The molecule has 2 aliphatic rings. The summed E-state index contributed by atoms with van der Waals surface area (Å²) in [5.41, 5.74) is 8.61. The maximum Gasteiger partial charge on any atom is 0.00446 e. The Morgan fingerprint density at radius 3 is 2.43 bits per heavy atom. The fourth-order valence-corrected chi connectivity index (χ4v) is 3.60. The van der Waals surface area contributed by atoms with Crippen molar-refractivity contribution in [2.45, 2.75) is 52.4 Å². The molecule has 0 saturated heterocycles. The van der Waals surface area contributed by atoms with Crippen LogP contribution in [0.1, 0.15) is 52.4 Å². The van der Waals surface area contributed by atoms with Crippen LogP contribution in [0.15, 0.2) is 11.6 Å². The van der Waals surface area contributed by atoms with Crippen LogP contribution in [0.3, 0.4) is 0 Å². The Morgan fingerprint density at radius 2 is 2.00 bits per heavy atom. The zero-order valence-electron chi connectivity index (χ0n) is 9.60. The molecule has 14 heavy (non-hydrogen) atoms. The third-order valence-electron chi connectivity index (χ3n) is 4.00. The fraction of sp³-hybridized carbons (Fsp3) is 0.846. The van der Waals surface area contributed by atoms with Gasteiger partial charge in [0.25, 0.3) is 0 Å². The van der Waals surface area contributed by atoms with Gasteiger partial charge in [-0.25, -0.2) is 0 Å². The van der Waals surface area contributed by atoms with Crippen molar-refractivity contribution in [3.05, 3.63) is 11.6 Å². The van der Waals surface area contributed by atoms with Gasteiger partial charge >= 0.3 is 0 Å². The summed E-state index contributed by atoms with van der Waals surface area (Å²) in [5.74, 6) is 0. The predicted molar refractivity (Wildman–Crippen MR) is 61.1 cm³/mol. The van der Waals surface area contributed by atoms with Crippen LogP contribution in [-0.4, -0.2) is 6.54 Å². The first-order valence-electron chi connectivity index (χ1n) is 5.98. The van der Waals surface area contributed by atoms with Crippen LogP contribution in [0.2, 0.25) is 0 Å². The van der Waals surface area contributed by atoms with Crippen LogP contribution in [0, 0.1) is 10.8 Å². The Labute approximate surface area is 87.8 Å². The van der Waals surface area contributed by atoms with Crippen molar-refractivity contribution in [1.82, 2.24) is 0 Å². The fourth-order valence-electron chi connectivity index (χ4n) is 3.60. The number of rotatable bonds is 2. The molecule has 0 spiro atoms. The molecule has 0 radical (unpaired) electrons. The second-order valence-corrected chi connectivity index (χ2v) is 5.98. The monoisotopic (exact) mass is 193 g/mol. The van der Waals surface area contributed by atoms with Gasteiger partial charge in [0.1, 0.15) is 0 Å². The Hall–Kier alpha value is -0.300. The largest absolute Gasteiger partial charge is 0.330 e. The van der Waals surface area contributed by atoms with Crippen molar-refractivity contribution < 1.29 is 0 Å². The maximum absolute atomic E-state index is 5.98. The Kier molecular flexibility index (Phi) is 2.46. The second-order valence-electron chi connectivity index (χ2n) is 5.98. The first kappa shape index (κ1) is 10.2. The van der Waals surface area contributed by atoms with Gasteiger partial charge in [0.2, 0.25) is 0 Å². The highest BCUT2D eigenvalue weighted by Gasteiger charge is 2.49. The molecule has 0 unspecified atom stereocenters. The van der Waals surface area contributed by atoms with Gasteiger partial charge in [0.05, 0.1) is 0 Å². The highest BCUT2D eigenvalue weighted by atomic mass is 14.7. The molecule has 2 aliphatic carbocycles. The van der Waals surface area contributed by atoms with E-state index < -0.39 is 0 Å². The van der Waals surface area contributed by atoms with Crippen LogP contribution >= 0.6 is 0 Å². The number of hydrogen-bond acceptors (Lipinski definition) is 1. The van der Waals surface area contributed by atoms with E-state index in [0.29, 0.717) is 10.8 Å². The lowest BCUT2D eigenvalue weighted by molar-refractivity contribution is 0.0226. The number of allylic oxidation sites excluding steroid dienone is 1. The van der Waals surface area contributed by atoms with Gasteiger partial charge in [-0.1, -0.05) is 25.5 Å². The van der Waals surface area contributed by atoms with Crippen LogP contribution in [0.5, 0.6) is 0 Å². The van der Waals surface area contributed by atoms with Crippen LogP contribution < -0.4 is 5.73 Å². The molecular formula is C13H23N. The summed E-state index contributed by atoms with van der Waals surface area (Å²) >= 11 is 0. The molecule has 0 bridgehead atoms. The molecule has 0 atom stereocenters. The van der Waals surface area contributed by atoms with E-state index in [1.54, 1.807) is 5.57 Å². The lowest BCUT2D eigenvalue weighted by Gasteiger charge is -2.55. The van der Waals surface area contributed by atoms with Gasteiger partial charge in [-0.05, 0) is 43.9 Å². The molecular weight excluding hydrogens is 170 g/mol. The van der Waals surface area contributed by atoms with Gasteiger partial charge in [-0.15, -0.1) is 0 Å². The smallest absolute Gasteiger partial charge is 0.00446 e. The third-order valence-corrected chi connectivity index (χ3v) is 4.00. The van der Waals surface area contributed by atoms with E-state index in [0.717, 1.165) is 6.54 Å². The van der Waals surface area contributed by atoms with Crippen LogP contribution in [0.25, 0.3) is 0 Å². The molecule has 1 fully saturated rings. The molecule has 80 valence electrons. The molecule has 1 saturated carbocycles. The quantitative estimate of drug-likeness (QED) is 0.669. The van der Waals surface area contributed by atoms with Gasteiger partial charge in [0, 0.05) is 12.0 Å². The van der Waals surface area contributed by atoms with Crippen molar-refractivity contribution in [3.8, 4) is 0 Å². The summed E-state index contributed by atoms with van der Waals surface area (Å²) in [5, 5.41) is 0. The molecule has 1 heteroatoms. The maximum atomic E-state index is 5.98. The van der Waals surface area contributed by atoms with Gasteiger partial charge in [-0.3, -0.25) is 0 Å². The minimum Gasteiger partial charge on any atom is -0.330 e. The second kappa shape index (κ2) is 3.37. The summed E-state index contributed by atoms with van der Waals surface area (Å²) in [7, 11) is 0. The van der Waals surface area contributed by atoms with Gasteiger partial charge in [-0.2, -0.15) is 0 Å². The van der Waals surface area contributed by atoms with Crippen molar-refractivity contribution in [2.75, 3.05) is 6.54 Å². The summed E-state index contributed by atoms with van der Waals surface area (Å²) in [6, 6.07) is 0. The minimum atomic E-state index is 0.407. The molecule has 0 aromatic heterocycles. The van der Waals surface area contributed by atoms with Gasteiger partial charge < -0.3 is 5.73 Å². The van der Waals surface area contributed by atoms with Crippen molar-refractivity contribution in [2.24, 2.45) is 16.6 Å². The summed E-state index contributed by atoms with van der Waals surface area (Å²) in [6.07, 6.45) is 10.5. The highest BCUT2D eigenvalue weighted by Crippen LogP contribution is 2.58. The van der Waals surface area contributed by atoms with E-state index in [2.05, 4.69) is 19.9 Å². The van der Waals surface area contributed by atoms with E-state index in [1.807, 2.05) is 0 Å². The SMILES string of the molecule is CC1(C)CC(CN)(C2=CCCCC2)C1. The summed E-state index contributed by atoms with van der Waals surface area (Å²) in [6.45, 7) is 5.59. The van der Waals surface area contributed by atoms with E-state index in [4.69, 9.17) is 5.73 Å². The molecule has 0 amide bonds. The standard InChI is InChI=1S/C13H23N/c1-12(2)8-13(9-12,10-14)11-6-4-3-5-7-11/h6H,3-5,7-10,14H2,1-2H3. The Balaban J connectivity index is 2.11. The molecule has 0 heterocycles. The van der Waals surface area contributed by atoms with Crippen molar-refractivity contribution >= 4 is 0 Å². The highest BCUT2D eigenvalue weighted by molar-refractivity contribution is 5.23. The molecule has 0 aromatic carbocycles. The first-order chi connectivity index (χ1) is 6.58. The van der Waals surface area contributed by atoms with E-state index in [1.165, 1.54) is 38.5 Å². The lowest BCUT2D eigenvalue weighted by atomic mass is 9.50. The minimum absolute atomic E-state index is 0.407. The summed E-state index contributed by atoms with van der Waals surface area (Å²) in [4.78, 5) is 0. The average molecular weight is 193 g/mol. The first-order valence-corrected chi connectivity index (χ1v) is 5.98. The van der Waals surface area contributed by atoms with Crippen LogP contribution in [0.4, 0.5) is 0 Å². The zero-order chi connectivity index (χ0) is 10.2.